The van der Waals surface area contributed by atoms with Gasteiger partial charge in [-0.25, -0.2) is 4.79 Å². The first-order chi connectivity index (χ1) is 9.26. The Bertz CT molecular complexity index is 549. The van der Waals surface area contributed by atoms with Crippen molar-refractivity contribution < 1.29 is 9.53 Å². The molecule has 1 heterocycles. The fourth-order valence-electron chi connectivity index (χ4n) is 1.87. The standard InChI is InChI=1S/C15H17NO2S/c1-3-18-15(17)14-12(10-13(16-14)19-4-2)11-8-6-5-7-9-11/h5-10,16H,3-4H2,1-2H3. The molecule has 0 atom stereocenters. The lowest BCUT2D eigenvalue weighted by Crippen LogP contribution is -2.06. The van der Waals surface area contributed by atoms with E-state index in [2.05, 4.69) is 11.9 Å². The van der Waals surface area contributed by atoms with E-state index in [9.17, 15) is 4.79 Å². The van der Waals surface area contributed by atoms with E-state index in [0.717, 1.165) is 21.9 Å². The molecule has 1 aromatic heterocycles. The second-order valence-electron chi connectivity index (χ2n) is 3.94. The molecule has 0 saturated carbocycles. The maximum atomic E-state index is 12.0. The van der Waals surface area contributed by atoms with Crippen molar-refractivity contribution in [2.75, 3.05) is 12.4 Å². The molecule has 1 N–H and O–H groups in total. The average Bonchev–Trinajstić information content (AvgIpc) is 2.85. The summed E-state index contributed by atoms with van der Waals surface area (Å²) in [6.07, 6.45) is 0. The van der Waals surface area contributed by atoms with E-state index in [4.69, 9.17) is 4.74 Å². The Hall–Kier alpha value is -1.68. The topological polar surface area (TPSA) is 42.1 Å². The van der Waals surface area contributed by atoms with Crippen LogP contribution in [0.15, 0.2) is 41.4 Å². The predicted octanol–water partition coefficient (Wildman–Crippen LogP) is 3.97. The molecule has 3 nitrogen and oxygen atoms in total. The predicted molar refractivity (Wildman–Crippen MR) is 78.6 cm³/mol. The number of hydrogen-bond donors (Lipinski definition) is 1. The molecule has 0 amide bonds. The van der Waals surface area contributed by atoms with E-state index in [0.29, 0.717) is 12.3 Å². The minimum Gasteiger partial charge on any atom is -0.461 e. The number of thioether (sulfide) groups is 1. The van der Waals surface area contributed by atoms with Gasteiger partial charge in [-0.15, -0.1) is 11.8 Å². The van der Waals surface area contributed by atoms with Crippen LogP contribution in [0.3, 0.4) is 0 Å². The van der Waals surface area contributed by atoms with Gasteiger partial charge in [0.1, 0.15) is 5.69 Å². The summed E-state index contributed by atoms with van der Waals surface area (Å²) in [6, 6.07) is 11.9. The normalized spacial score (nSPS) is 10.4. The van der Waals surface area contributed by atoms with E-state index < -0.39 is 0 Å². The highest BCUT2D eigenvalue weighted by atomic mass is 32.2. The van der Waals surface area contributed by atoms with Crippen LogP contribution in [-0.2, 0) is 4.74 Å². The van der Waals surface area contributed by atoms with E-state index in [1.807, 2.05) is 43.3 Å². The molecule has 0 saturated heterocycles. The summed E-state index contributed by atoms with van der Waals surface area (Å²) in [6.45, 7) is 4.27. The number of rotatable bonds is 5. The number of nitrogens with one attached hydrogen (secondary N) is 1. The lowest BCUT2D eigenvalue weighted by Gasteiger charge is -2.03. The molecule has 0 spiro atoms. The largest absolute Gasteiger partial charge is 0.461 e. The van der Waals surface area contributed by atoms with Crippen LogP contribution in [0.1, 0.15) is 24.3 Å². The summed E-state index contributed by atoms with van der Waals surface area (Å²) in [5, 5.41) is 0.990. The van der Waals surface area contributed by atoms with Gasteiger partial charge in [-0.3, -0.25) is 0 Å². The van der Waals surface area contributed by atoms with Crippen LogP contribution in [-0.4, -0.2) is 23.3 Å². The Morgan fingerprint density at radius 2 is 2.00 bits per heavy atom. The van der Waals surface area contributed by atoms with E-state index in [-0.39, 0.29) is 5.97 Å². The summed E-state index contributed by atoms with van der Waals surface area (Å²) in [5.74, 6) is 0.654. The van der Waals surface area contributed by atoms with Gasteiger partial charge in [0.15, 0.2) is 0 Å². The molecule has 2 rings (SSSR count). The van der Waals surface area contributed by atoms with Crippen molar-refractivity contribution in [3.8, 4) is 11.1 Å². The van der Waals surface area contributed by atoms with E-state index >= 15 is 0 Å². The number of aromatic amines is 1. The fourth-order valence-corrected chi connectivity index (χ4v) is 2.56. The molecule has 0 unspecified atom stereocenters. The molecule has 19 heavy (non-hydrogen) atoms. The summed E-state index contributed by atoms with van der Waals surface area (Å²) in [5.41, 5.74) is 2.45. The molecular formula is C15H17NO2S. The second-order valence-corrected chi connectivity index (χ2v) is 5.25. The van der Waals surface area contributed by atoms with Crippen molar-refractivity contribution in [1.82, 2.24) is 4.98 Å². The third-order valence-corrected chi connectivity index (χ3v) is 3.48. The van der Waals surface area contributed by atoms with E-state index in [1.165, 1.54) is 0 Å². The molecule has 2 aromatic rings. The number of carbonyl (C=O) groups is 1. The van der Waals surface area contributed by atoms with Gasteiger partial charge in [-0.2, -0.15) is 0 Å². The van der Waals surface area contributed by atoms with Crippen LogP contribution in [0.4, 0.5) is 0 Å². The molecule has 0 radical (unpaired) electrons. The van der Waals surface area contributed by atoms with Gasteiger partial charge in [-0.1, -0.05) is 37.3 Å². The number of aromatic nitrogens is 1. The van der Waals surface area contributed by atoms with Crippen LogP contribution in [0.2, 0.25) is 0 Å². The molecule has 0 aliphatic rings. The summed E-state index contributed by atoms with van der Waals surface area (Å²) < 4.78 is 5.10. The van der Waals surface area contributed by atoms with Crippen molar-refractivity contribution in [3.63, 3.8) is 0 Å². The lowest BCUT2D eigenvalue weighted by atomic mass is 10.1. The van der Waals surface area contributed by atoms with Gasteiger partial charge in [0.2, 0.25) is 0 Å². The number of hydrogen-bond acceptors (Lipinski definition) is 3. The van der Waals surface area contributed by atoms with Gasteiger partial charge in [-0.05, 0) is 24.3 Å². The van der Waals surface area contributed by atoms with E-state index in [1.54, 1.807) is 11.8 Å². The smallest absolute Gasteiger partial charge is 0.355 e. The number of ether oxygens (including phenoxy) is 1. The first-order valence-electron chi connectivity index (χ1n) is 6.34. The van der Waals surface area contributed by atoms with Crippen molar-refractivity contribution >= 4 is 17.7 Å². The summed E-state index contributed by atoms with van der Waals surface area (Å²) >= 11 is 1.68. The van der Waals surface area contributed by atoms with Crippen LogP contribution in [0.25, 0.3) is 11.1 Å². The molecule has 100 valence electrons. The number of benzene rings is 1. The van der Waals surface area contributed by atoms with Crippen molar-refractivity contribution in [3.05, 3.63) is 42.1 Å². The Morgan fingerprint density at radius 3 is 2.63 bits per heavy atom. The third kappa shape index (κ3) is 3.20. The Balaban J connectivity index is 2.42. The lowest BCUT2D eigenvalue weighted by molar-refractivity contribution is 0.0520. The highest BCUT2D eigenvalue weighted by Crippen LogP contribution is 2.29. The minimum atomic E-state index is -0.302. The third-order valence-electron chi connectivity index (χ3n) is 2.66. The molecule has 0 bridgehead atoms. The van der Waals surface area contributed by atoms with Crippen molar-refractivity contribution in [2.24, 2.45) is 0 Å². The maximum absolute atomic E-state index is 12.0. The fraction of sp³-hybridized carbons (Fsp3) is 0.267. The van der Waals surface area contributed by atoms with Crippen LogP contribution in [0, 0.1) is 0 Å². The van der Waals surface area contributed by atoms with Crippen molar-refractivity contribution in [2.45, 2.75) is 18.9 Å². The molecule has 0 aliphatic carbocycles. The van der Waals surface area contributed by atoms with Gasteiger partial charge >= 0.3 is 5.97 Å². The summed E-state index contributed by atoms with van der Waals surface area (Å²) in [4.78, 5) is 15.1. The van der Waals surface area contributed by atoms with Crippen LogP contribution < -0.4 is 0 Å². The van der Waals surface area contributed by atoms with Gasteiger partial charge < -0.3 is 9.72 Å². The zero-order valence-corrected chi connectivity index (χ0v) is 11.9. The van der Waals surface area contributed by atoms with Crippen LogP contribution in [0.5, 0.6) is 0 Å². The van der Waals surface area contributed by atoms with Gasteiger partial charge in [0, 0.05) is 5.56 Å². The first kappa shape index (κ1) is 13.7. The minimum absolute atomic E-state index is 0.302. The van der Waals surface area contributed by atoms with Gasteiger partial charge in [0.05, 0.1) is 11.6 Å². The number of H-pyrrole nitrogens is 1. The molecule has 0 aliphatic heterocycles. The number of carbonyl (C=O) groups excluding carboxylic acids is 1. The zero-order valence-electron chi connectivity index (χ0n) is 11.1. The second kappa shape index (κ2) is 6.48. The van der Waals surface area contributed by atoms with Crippen LogP contribution >= 0.6 is 11.8 Å². The SMILES string of the molecule is CCOC(=O)c1[nH]c(SCC)cc1-c1ccccc1. The highest BCUT2D eigenvalue weighted by molar-refractivity contribution is 7.99. The van der Waals surface area contributed by atoms with Crippen molar-refractivity contribution in [1.29, 1.82) is 0 Å². The monoisotopic (exact) mass is 275 g/mol. The highest BCUT2D eigenvalue weighted by Gasteiger charge is 2.17. The zero-order chi connectivity index (χ0) is 13.7. The first-order valence-corrected chi connectivity index (χ1v) is 7.33. The Labute approximate surface area is 117 Å². The maximum Gasteiger partial charge on any atom is 0.355 e. The molecular weight excluding hydrogens is 258 g/mol. The number of esters is 1. The van der Waals surface area contributed by atoms with Gasteiger partial charge in [0.25, 0.3) is 0 Å². The molecule has 0 fully saturated rings. The Kier molecular flexibility index (Phi) is 4.68. The summed E-state index contributed by atoms with van der Waals surface area (Å²) in [7, 11) is 0. The molecule has 1 aromatic carbocycles. The average molecular weight is 275 g/mol. The Morgan fingerprint density at radius 1 is 1.26 bits per heavy atom. The molecule has 4 heteroatoms. The quantitative estimate of drug-likeness (QED) is 0.663.